The van der Waals surface area contributed by atoms with Crippen LogP contribution in [0.2, 0.25) is 0 Å². The van der Waals surface area contributed by atoms with Crippen molar-refractivity contribution in [2.75, 3.05) is 6.54 Å². The van der Waals surface area contributed by atoms with Gasteiger partial charge in [-0.3, -0.25) is 0 Å². The predicted octanol–water partition coefficient (Wildman–Crippen LogP) is 3.42. The molecule has 1 N–H and O–H groups in total. The highest BCUT2D eigenvalue weighted by atomic mass is 15.1. The summed E-state index contributed by atoms with van der Waals surface area (Å²) < 4.78 is 2.09. The first-order valence-corrected chi connectivity index (χ1v) is 7.25. The highest BCUT2D eigenvalue weighted by Gasteiger charge is 2.25. The minimum absolute atomic E-state index is 0.120. The molecule has 1 unspecified atom stereocenters. The van der Waals surface area contributed by atoms with E-state index in [1.165, 1.54) is 11.1 Å². The van der Waals surface area contributed by atoms with Crippen LogP contribution in [0, 0.1) is 0 Å². The summed E-state index contributed by atoms with van der Waals surface area (Å²) in [6.07, 6.45) is 3.86. The number of benzene rings is 1. The number of nitrogens with zero attached hydrogens (tertiary/aromatic N) is 2. The summed E-state index contributed by atoms with van der Waals surface area (Å²) in [4.78, 5) is 4.53. The molecule has 0 bridgehead atoms. The van der Waals surface area contributed by atoms with Gasteiger partial charge < -0.3 is 9.88 Å². The molecule has 0 aliphatic carbocycles. The predicted molar refractivity (Wildman–Crippen MR) is 83.9 cm³/mol. The van der Waals surface area contributed by atoms with Crippen LogP contribution in [0.3, 0.4) is 0 Å². The molecule has 0 aliphatic heterocycles. The number of aromatic nitrogens is 2. The van der Waals surface area contributed by atoms with Crippen LogP contribution in [0.15, 0.2) is 36.7 Å². The van der Waals surface area contributed by atoms with Gasteiger partial charge in [-0.25, -0.2) is 4.98 Å². The fourth-order valence-corrected chi connectivity index (χ4v) is 2.63. The van der Waals surface area contributed by atoms with Crippen LogP contribution in [0.5, 0.6) is 0 Å². The van der Waals surface area contributed by atoms with Crippen LogP contribution >= 0.6 is 0 Å². The average Bonchev–Trinajstić information content (AvgIpc) is 2.81. The first kappa shape index (κ1) is 14.8. The van der Waals surface area contributed by atoms with Gasteiger partial charge in [0.05, 0.1) is 6.04 Å². The first-order chi connectivity index (χ1) is 9.45. The van der Waals surface area contributed by atoms with Gasteiger partial charge in [-0.1, -0.05) is 52.0 Å². The van der Waals surface area contributed by atoms with Crippen LogP contribution < -0.4 is 5.32 Å². The second kappa shape index (κ2) is 5.80. The maximum absolute atomic E-state index is 4.53. The molecular weight excluding hydrogens is 246 g/mol. The summed E-state index contributed by atoms with van der Waals surface area (Å²) >= 11 is 0. The van der Waals surface area contributed by atoms with Crippen molar-refractivity contribution in [2.45, 2.75) is 39.2 Å². The van der Waals surface area contributed by atoms with Crippen molar-refractivity contribution in [2.24, 2.45) is 7.05 Å². The van der Waals surface area contributed by atoms with Crippen molar-refractivity contribution in [3.05, 3.63) is 53.6 Å². The molecule has 20 heavy (non-hydrogen) atoms. The van der Waals surface area contributed by atoms with Gasteiger partial charge >= 0.3 is 0 Å². The molecule has 3 nitrogen and oxygen atoms in total. The molecular formula is C17H25N3. The lowest BCUT2D eigenvalue weighted by Gasteiger charge is -2.27. The van der Waals surface area contributed by atoms with Crippen molar-refractivity contribution < 1.29 is 0 Å². The summed E-state index contributed by atoms with van der Waals surface area (Å²) in [5, 5.41) is 3.57. The van der Waals surface area contributed by atoms with E-state index in [9.17, 15) is 0 Å². The molecule has 0 saturated heterocycles. The standard InChI is InChI=1S/C17H25N3/c1-6-18-15(16-19-11-12-20(16)5)13-9-7-8-10-14(13)17(2,3)4/h7-12,15,18H,6H2,1-5H3. The van der Waals surface area contributed by atoms with Gasteiger partial charge in [-0.2, -0.15) is 0 Å². The Hall–Kier alpha value is -1.61. The number of aryl methyl sites for hydroxylation is 1. The number of hydrogen-bond donors (Lipinski definition) is 1. The maximum Gasteiger partial charge on any atom is 0.130 e. The Morgan fingerprint density at radius 1 is 1.25 bits per heavy atom. The average molecular weight is 271 g/mol. The maximum atomic E-state index is 4.53. The van der Waals surface area contributed by atoms with Crippen LogP contribution in [0.4, 0.5) is 0 Å². The second-order valence-corrected chi connectivity index (χ2v) is 6.22. The monoisotopic (exact) mass is 271 g/mol. The molecule has 0 fully saturated rings. The Morgan fingerprint density at radius 2 is 1.95 bits per heavy atom. The molecule has 0 saturated carbocycles. The highest BCUT2D eigenvalue weighted by molar-refractivity contribution is 5.38. The second-order valence-electron chi connectivity index (χ2n) is 6.22. The van der Waals surface area contributed by atoms with Gasteiger partial charge in [0.2, 0.25) is 0 Å². The van der Waals surface area contributed by atoms with E-state index in [1.807, 2.05) is 19.4 Å². The van der Waals surface area contributed by atoms with E-state index in [0.717, 1.165) is 12.4 Å². The van der Waals surface area contributed by atoms with Crippen LogP contribution in [-0.2, 0) is 12.5 Å². The molecule has 2 aromatic rings. The Bertz CT molecular complexity index is 564. The highest BCUT2D eigenvalue weighted by Crippen LogP contribution is 2.31. The molecule has 1 heterocycles. The lowest BCUT2D eigenvalue weighted by atomic mass is 9.81. The molecule has 1 aromatic carbocycles. The molecule has 2 rings (SSSR count). The van der Waals surface area contributed by atoms with Gasteiger partial charge in [0, 0.05) is 19.4 Å². The summed E-state index contributed by atoms with van der Waals surface area (Å²) in [6, 6.07) is 8.80. The van der Waals surface area contributed by atoms with E-state index in [1.54, 1.807) is 0 Å². The zero-order chi connectivity index (χ0) is 14.8. The van der Waals surface area contributed by atoms with Gasteiger partial charge in [0.25, 0.3) is 0 Å². The van der Waals surface area contributed by atoms with E-state index in [2.05, 4.69) is 66.8 Å². The lowest BCUT2D eigenvalue weighted by molar-refractivity contribution is 0.537. The third-order valence-corrected chi connectivity index (χ3v) is 3.60. The van der Waals surface area contributed by atoms with Crippen LogP contribution in [0.25, 0.3) is 0 Å². The third kappa shape index (κ3) is 2.93. The van der Waals surface area contributed by atoms with Crippen molar-refractivity contribution in [1.82, 2.24) is 14.9 Å². The molecule has 0 amide bonds. The van der Waals surface area contributed by atoms with E-state index in [4.69, 9.17) is 0 Å². The smallest absolute Gasteiger partial charge is 0.130 e. The van der Waals surface area contributed by atoms with E-state index in [-0.39, 0.29) is 11.5 Å². The Labute approximate surface area is 122 Å². The quantitative estimate of drug-likeness (QED) is 0.923. The Morgan fingerprint density at radius 3 is 2.50 bits per heavy atom. The molecule has 1 aromatic heterocycles. The minimum Gasteiger partial charge on any atom is -0.336 e. The van der Waals surface area contributed by atoms with Gasteiger partial charge in [-0.15, -0.1) is 0 Å². The largest absolute Gasteiger partial charge is 0.336 e. The Kier molecular flexibility index (Phi) is 4.29. The van der Waals surface area contributed by atoms with Crippen molar-refractivity contribution in [3.63, 3.8) is 0 Å². The molecule has 0 aliphatic rings. The summed E-state index contributed by atoms with van der Waals surface area (Å²) in [7, 11) is 2.05. The van der Waals surface area contributed by atoms with E-state index < -0.39 is 0 Å². The molecule has 3 heteroatoms. The van der Waals surface area contributed by atoms with E-state index in [0.29, 0.717) is 0 Å². The molecule has 1 atom stereocenters. The topological polar surface area (TPSA) is 29.9 Å². The summed E-state index contributed by atoms with van der Waals surface area (Å²) in [5.41, 5.74) is 2.81. The summed E-state index contributed by atoms with van der Waals surface area (Å²) in [5.74, 6) is 1.06. The van der Waals surface area contributed by atoms with Crippen LogP contribution in [-0.4, -0.2) is 16.1 Å². The number of rotatable bonds is 4. The minimum atomic E-state index is 0.120. The normalized spacial score (nSPS) is 13.4. The molecule has 108 valence electrons. The van der Waals surface area contributed by atoms with E-state index >= 15 is 0 Å². The van der Waals surface area contributed by atoms with Gasteiger partial charge in [-0.05, 0) is 23.1 Å². The van der Waals surface area contributed by atoms with Gasteiger partial charge in [0.1, 0.15) is 5.82 Å². The molecule has 0 radical (unpaired) electrons. The number of hydrogen-bond acceptors (Lipinski definition) is 2. The zero-order valence-electron chi connectivity index (χ0n) is 13.1. The SMILES string of the molecule is CCNC(c1ccccc1C(C)(C)C)c1nccn1C. The van der Waals surface area contributed by atoms with Crippen molar-refractivity contribution in [1.29, 1.82) is 0 Å². The van der Waals surface area contributed by atoms with Crippen molar-refractivity contribution in [3.8, 4) is 0 Å². The van der Waals surface area contributed by atoms with Crippen molar-refractivity contribution >= 4 is 0 Å². The Balaban J connectivity index is 2.54. The zero-order valence-corrected chi connectivity index (χ0v) is 13.1. The summed E-state index contributed by atoms with van der Waals surface area (Å²) in [6.45, 7) is 9.82. The van der Waals surface area contributed by atoms with Gasteiger partial charge in [0.15, 0.2) is 0 Å². The number of nitrogens with one attached hydrogen (secondary N) is 1. The lowest BCUT2D eigenvalue weighted by Crippen LogP contribution is -2.28. The first-order valence-electron chi connectivity index (χ1n) is 7.25. The molecule has 0 spiro atoms. The van der Waals surface area contributed by atoms with Crippen LogP contribution in [0.1, 0.15) is 50.7 Å². The fraction of sp³-hybridized carbons (Fsp3) is 0.471. The fourth-order valence-electron chi connectivity index (χ4n) is 2.63. The number of imidazole rings is 1. The third-order valence-electron chi connectivity index (χ3n) is 3.60.